The van der Waals surface area contributed by atoms with Gasteiger partial charge in [0.1, 0.15) is 11.2 Å². The third kappa shape index (κ3) is 5.03. The van der Waals surface area contributed by atoms with E-state index in [0.29, 0.717) is 0 Å². The second kappa shape index (κ2) is 12.7. The Morgan fingerprint density at radius 2 is 0.982 bits per heavy atom. The molecule has 0 aliphatic heterocycles. The molecule has 57 heavy (non-hydrogen) atoms. The van der Waals surface area contributed by atoms with Crippen molar-refractivity contribution in [2.75, 3.05) is 4.90 Å². The molecule has 2 heterocycles. The van der Waals surface area contributed by atoms with Gasteiger partial charge >= 0.3 is 0 Å². The molecule has 0 amide bonds. The molecule has 0 spiro atoms. The fraction of sp³-hybridized carbons (Fsp3) is 0. The Bertz CT molecular complexity index is 3530. The first kappa shape index (κ1) is 32.1. The lowest BCUT2D eigenvalue weighted by Crippen LogP contribution is -2.10. The van der Waals surface area contributed by atoms with Crippen molar-refractivity contribution in [2.45, 2.75) is 0 Å². The van der Waals surface area contributed by atoms with Crippen LogP contribution in [0.1, 0.15) is 0 Å². The summed E-state index contributed by atoms with van der Waals surface area (Å²) in [4.78, 5) is 2.42. The van der Waals surface area contributed by atoms with Crippen LogP contribution in [0.3, 0.4) is 0 Å². The topological polar surface area (TPSA) is 16.4 Å². The fourth-order valence-electron chi connectivity index (χ4n) is 9.03. The zero-order valence-electron chi connectivity index (χ0n) is 30.8. The maximum Gasteiger partial charge on any atom is 0.145 e. The normalized spacial score (nSPS) is 11.9. The van der Waals surface area contributed by atoms with Crippen LogP contribution in [0.4, 0.5) is 17.1 Å². The highest BCUT2D eigenvalue weighted by Gasteiger charge is 2.23. The Morgan fingerprint density at radius 3 is 1.84 bits per heavy atom. The summed E-state index contributed by atoms with van der Waals surface area (Å²) in [5.74, 6) is 0. The number of para-hydroxylation sites is 1. The summed E-state index contributed by atoms with van der Waals surface area (Å²) in [5, 5.41) is 12.1. The van der Waals surface area contributed by atoms with Gasteiger partial charge in [-0.3, -0.25) is 0 Å². The third-order valence-electron chi connectivity index (χ3n) is 11.7. The predicted octanol–water partition coefficient (Wildman–Crippen LogP) is 16.2. The van der Waals surface area contributed by atoms with Crippen molar-refractivity contribution in [2.24, 2.45) is 0 Å². The third-order valence-corrected chi connectivity index (χ3v) is 12.8. The molecule has 0 radical (unpaired) electrons. The van der Waals surface area contributed by atoms with Gasteiger partial charge in [0.15, 0.2) is 0 Å². The summed E-state index contributed by atoms with van der Waals surface area (Å²) >= 11 is 1.86. The van der Waals surface area contributed by atoms with Crippen molar-refractivity contribution in [1.82, 2.24) is 0 Å². The molecule has 0 fully saturated rings. The number of fused-ring (bicyclic) bond motifs is 10. The van der Waals surface area contributed by atoms with Crippen LogP contribution in [0, 0.1) is 0 Å². The molecule has 0 aliphatic carbocycles. The molecular weight excluding hydrogens is 711 g/mol. The average molecular weight is 744 g/mol. The van der Waals surface area contributed by atoms with E-state index in [-0.39, 0.29) is 0 Å². The maximum absolute atomic E-state index is 6.90. The fourth-order valence-corrected chi connectivity index (χ4v) is 10.2. The summed E-state index contributed by atoms with van der Waals surface area (Å²) in [6.45, 7) is 0. The van der Waals surface area contributed by atoms with Crippen LogP contribution in [0.15, 0.2) is 205 Å². The van der Waals surface area contributed by atoms with Gasteiger partial charge in [-0.1, -0.05) is 146 Å². The molecule has 266 valence electrons. The molecule has 0 atom stereocenters. The van der Waals surface area contributed by atoms with E-state index in [1.807, 2.05) is 11.3 Å². The van der Waals surface area contributed by atoms with Crippen LogP contribution in [0.2, 0.25) is 0 Å². The van der Waals surface area contributed by atoms with E-state index in [9.17, 15) is 0 Å². The van der Waals surface area contributed by atoms with E-state index in [0.717, 1.165) is 50.1 Å². The number of anilines is 3. The smallest absolute Gasteiger partial charge is 0.145 e. The van der Waals surface area contributed by atoms with Crippen molar-refractivity contribution in [3.05, 3.63) is 200 Å². The zero-order valence-corrected chi connectivity index (χ0v) is 31.6. The van der Waals surface area contributed by atoms with E-state index in [1.165, 1.54) is 63.6 Å². The molecule has 10 aromatic carbocycles. The van der Waals surface area contributed by atoms with Gasteiger partial charge in [-0.05, 0) is 104 Å². The maximum atomic E-state index is 6.90. The van der Waals surface area contributed by atoms with E-state index in [1.54, 1.807) is 0 Å². The first-order valence-corrected chi connectivity index (χ1v) is 20.2. The lowest BCUT2D eigenvalue weighted by atomic mass is 9.95. The standard InChI is InChI=1S/C54H33NOS/c1-3-14-40-34(11-1)13-9-19-43(40)44-31-32-48(53-45-16-5-7-20-49(45)56-54(44)53)55(39-30-27-37-24-23-35-12-2-4-15-41(35)47(37)33-39)38-28-25-36(26-29-38)42-18-10-22-51-52(42)46-17-6-8-21-50(46)57-51/h1-33H. The molecule has 12 aromatic rings. The molecule has 2 nitrogen and oxygen atoms in total. The Hall–Kier alpha value is -7.20. The molecule has 0 unspecified atom stereocenters. The second-order valence-corrected chi connectivity index (χ2v) is 15.9. The highest BCUT2D eigenvalue weighted by molar-refractivity contribution is 7.25. The second-order valence-electron chi connectivity index (χ2n) is 14.8. The molecule has 3 heteroatoms. The Labute approximate surface area is 333 Å². The largest absolute Gasteiger partial charge is 0.455 e. The zero-order chi connectivity index (χ0) is 37.5. The highest BCUT2D eigenvalue weighted by Crippen LogP contribution is 2.48. The molecule has 0 bridgehead atoms. The van der Waals surface area contributed by atoms with Crippen molar-refractivity contribution >= 4 is 103 Å². The van der Waals surface area contributed by atoms with Crippen LogP contribution in [-0.4, -0.2) is 0 Å². The van der Waals surface area contributed by atoms with Gasteiger partial charge in [0.2, 0.25) is 0 Å². The molecule has 0 aliphatic rings. The van der Waals surface area contributed by atoms with Crippen LogP contribution in [0.25, 0.3) is 96.7 Å². The Kier molecular flexibility index (Phi) is 7.13. The van der Waals surface area contributed by atoms with Crippen LogP contribution < -0.4 is 4.90 Å². The van der Waals surface area contributed by atoms with Crippen molar-refractivity contribution in [3.63, 3.8) is 0 Å². The van der Waals surface area contributed by atoms with Gasteiger partial charge in [0, 0.05) is 42.5 Å². The average Bonchev–Trinajstić information content (AvgIpc) is 3.86. The summed E-state index contributed by atoms with van der Waals surface area (Å²) in [6, 6.07) is 72.7. The molecule has 2 aromatic heterocycles. The minimum Gasteiger partial charge on any atom is -0.455 e. The minimum absolute atomic E-state index is 0.873. The van der Waals surface area contributed by atoms with Gasteiger partial charge in [-0.25, -0.2) is 0 Å². The molecular formula is C54H33NOS. The number of benzene rings is 10. The summed E-state index contributed by atoms with van der Waals surface area (Å²) < 4.78 is 9.52. The SMILES string of the molecule is c1ccc2c(-c3ccc(N(c4ccc(-c5cccc6sc7ccccc7c56)cc4)c4ccc5ccc6ccccc6c5c4)c4c3oc3ccccc34)cccc2c1. The van der Waals surface area contributed by atoms with Gasteiger partial charge in [0.05, 0.1) is 11.1 Å². The number of furan rings is 1. The van der Waals surface area contributed by atoms with E-state index >= 15 is 0 Å². The van der Waals surface area contributed by atoms with Crippen molar-refractivity contribution in [1.29, 1.82) is 0 Å². The number of thiophene rings is 1. The quantitative estimate of drug-likeness (QED) is 0.163. The Morgan fingerprint density at radius 1 is 0.368 bits per heavy atom. The number of hydrogen-bond acceptors (Lipinski definition) is 3. The first-order chi connectivity index (χ1) is 28.3. The molecule has 12 rings (SSSR count). The number of rotatable bonds is 5. The van der Waals surface area contributed by atoms with Gasteiger partial charge in [-0.15, -0.1) is 11.3 Å². The number of hydrogen-bond donors (Lipinski definition) is 0. The first-order valence-electron chi connectivity index (χ1n) is 19.4. The molecule has 0 N–H and O–H groups in total. The summed E-state index contributed by atoms with van der Waals surface area (Å²) in [7, 11) is 0. The minimum atomic E-state index is 0.873. The van der Waals surface area contributed by atoms with E-state index in [2.05, 4.69) is 205 Å². The summed E-state index contributed by atoms with van der Waals surface area (Å²) in [6.07, 6.45) is 0. The van der Waals surface area contributed by atoms with Gasteiger partial charge < -0.3 is 9.32 Å². The lowest BCUT2D eigenvalue weighted by molar-refractivity contribution is 0.670. The van der Waals surface area contributed by atoms with E-state index in [4.69, 9.17) is 4.42 Å². The van der Waals surface area contributed by atoms with Gasteiger partial charge in [0.25, 0.3) is 0 Å². The van der Waals surface area contributed by atoms with Crippen molar-refractivity contribution < 1.29 is 4.42 Å². The monoisotopic (exact) mass is 743 g/mol. The molecule has 0 saturated carbocycles. The highest BCUT2D eigenvalue weighted by atomic mass is 32.1. The summed E-state index contributed by atoms with van der Waals surface area (Å²) in [5.41, 5.74) is 9.67. The number of nitrogens with zero attached hydrogens (tertiary/aromatic N) is 1. The van der Waals surface area contributed by atoms with E-state index < -0.39 is 0 Å². The lowest BCUT2D eigenvalue weighted by Gasteiger charge is -2.27. The van der Waals surface area contributed by atoms with Crippen molar-refractivity contribution in [3.8, 4) is 22.3 Å². The van der Waals surface area contributed by atoms with Crippen LogP contribution >= 0.6 is 11.3 Å². The Balaban J connectivity index is 1.11. The van der Waals surface area contributed by atoms with Crippen LogP contribution in [-0.2, 0) is 0 Å². The molecule has 0 saturated heterocycles. The predicted molar refractivity (Wildman–Crippen MR) is 245 cm³/mol. The van der Waals surface area contributed by atoms with Crippen LogP contribution in [0.5, 0.6) is 0 Å². The van der Waals surface area contributed by atoms with Gasteiger partial charge in [-0.2, -0.15) is 0 Å².